The van der Waals surface area contributed by atoms with Crippen molar-refractivity contribution in [2.75, 3.05) is 131 Å². The minimum Gasteiger partial charge on any atom is -0.461 e. The van der Waals surface area contributed by atoms with Crippen LogP contribution in [0.3, 0.4) is 0 Å². The molecule has 3 N–H and O–H groups in total. The lowest BCUT2D eigenvalue weighted by Crippen LogP contribution is -2.55. The molecule has 0 aliphatic carbocycles. The van der Waals surface area contributed by atoms with Crippen LogP contribution in [0.15, 0.2) is 36.4 Å². The second kappa shape index (κ2) is 37.1. The molecule has 2 rings (SSSR count). The number of ether oxygens (including phenoxy) is 9. The lowest BCUT2D eigenvalue weighted by Gasteiger charge is -2.26. The summed E-state index contributed by atoms with van der Waals surface area (Å²) in [5, 5.41) is 8.12. The molecule has 21 nitrogen and oxygen atoms in total. The standard InChI is InChI=1S/C47H75N5O16/c1-6-44(57)68-35-38-11-13-39(14-12-38)49-46(58)37(4)48-47(59)45(36(2)3)50-40(53)34-51(41(54)10-8-7-9-17-52-42(55)15-16-43(52)56)18-19-61-22-23-63-26-27-65-30-31-67-33-32-66-29-28-64-25-24-62-21-20-60-5/h11-16,36-37,45H,6-10,17-35H2,1-5H3,(H,48,59)(H,49,58)(H,50,53)/t37-,45-/m0/s1. The Kier molecular flexibility index (Phi) is 32.3. The van der Waals surface area contributed by atoms with Gasteiger partial charge in [0.1, 0.15) is 18.7 Å². The van der Waals surface area contributed by atoms with Gasteiger partial charge in [-0.15, -0.1) is 0 Å². The zero-order chi connectivity index (χ0) is 49.8. The first-order valence-corrected chi connectivity index (χ1v) is 23.4. The number of unbranched alkanes of at least 4 members (excludes halogenated alkanes) is 2. The van der Waals surface area contributed by atoms with Crippen molar-refractivity contribution in [3.63, 3.8) is 0 Å². The quantitative estimate of drug-likeness (QED) is 0.0481. The van der Waals surface area contributed by atoms with Gasteiger partial charge in [-0.1, -0.05) is 39.3 Å². The summed E-state index contributed by atoms with van der Waals surface area (Å²) in [5.41, 5.74) is 1.22. The van der Waals surface area contributed by atoms with Crippen LogP contribution in [0.25, 0.3) is 0 Å². The Morgan fingerprint density at radius 2 is 1.13 bits per heavy atom. The minimum atomic E-state index is -1.02. The van der Waals surface area contributed by atoms with Crippen LogP contribution in [-0.2, 0) is 82.8 Å². The molecule has 384 valence electrons. The van der Waals surface area contributed by atoms with Crippen LogP contribution in [0.2, 0.25) is 0 Å². The van der Waals surface area contributed by atoms with Crippen LogP contribution >= 0.6 is 0 Å². The fraction of sp³-hybridized carbons (Fsp3) is 0.681. The van der Waals surface area contributed by atoms with Crippen LogP contribution in [0.1, 0.15) is 65.4 Å². The summed E-state index contributed by atoms with van der Waals surface area (Å²) in [6, 6.07) is 4.75. The zero-order valence-electron chi connectivity index (χ0n) is 40.6. The molecule has 1 heterocycles. The van der Waals surface area contributed by atoms with E-state index in [1.807, 2.05) is 0 Å². The molecule has 1 aliphatic heterocycles. The second-order valence-corrected chi connectivity index (χ2v) is 15.8. The first-order valence-electron chi connectivity index (χ1n) is 23.4. The number of esters is 1. The number of benzene rings is 1. The Hall–Kier alpha value is -4.87. The van der Waals surface area contributed by atoms with Gasteiger partial charge in [0.25, 0.3) is 11.8 Å². The Morgan fingerprint density at radius 3 is 1.62 bits per heavy atom. The van der Waals surface area contributed by atoms with Gasteiger partial charge in [-0.25, -0.2) is 0 Å². The summed E-state index contributed by atoms with van der Waals surface area (Å²) in [4.78, 5) is 90.9. The number of amides is 6. The normalized spacial score (nSPS) is 13.2. The van der Waals surface area contributed by atoms with Crippen LogP contribution in [-0.4, -0.2) is 189 Å². The molecule has 0 fully saturated rings. The summed E-state index contributed by atoms with van der Waals surface area (Å²) >= 11 is 0. The Morgan fingerprint density at radius 1 is 0.632 bits per heavy atom. The van der Waals surface area contributed by atoms with Gasteiger partial charge >= 0.3 is 5.97 Å². The van der Waals surface area contributed by atoms with E-state index in [-0.39, 0.29) is 88.5 Å². The Labute approximate surface area is 400 Å². The second-order valence-electron chi connectivity index (χ2n) is 15.8. The lowest BCUT2D eigenvalue weighted by molar-refractivity contribution is -0.144. The molecule has 0 unspecified atom stereocenters. The SMILES string of the molecule is CCC(=O)OCc1ccc(NC(=O)[C@H](C)NC(=O)[C@@H](NC(=O)CN(CCOCCOCCOCCOCCOCCOCCOCCOC)C(=O)CCCCCN2C(=O)C=CC2=O)C(C)C)cc1. The van der Waals surface area contributed by atoms with Gasteiger partial charge in [-0.3, -0.25) is 38.5 Å². The van der Waals surface area contributed by atoms with Crippen LogP contribution < -0.4 is 16.0 Å². The maximum Gasteiger partial charge on any atom is 0.305 e. The van der Waals surface area contributed by atoms with Gasteiger partial charge in [0.05, 0.1) is 106 Å². The molecule has 21 heteroatoms. The smallest absolute Gasteiger partial charge is 0.305 e. The highest BCUT2D eigenvalue weighted by molar-refractivity contribution is 6.12. The highest BCUT2D eigenvalue weighted by atomic mass is 16.6. The van der Waals surface area contributed by atoms with Gasteiger partial charge < -0.3 is 63.5 Å². The number of imide groups is 1. The minimum absolute atomic E-state index is 0.0857. The lowest BCUT2D eigenvalue weighted by atomic mass is 10.0. The van der Waals surface area contributed by atoms with Crippen molar-refractivity contribution in [3.8, 4) is 0 Å². The van der Waals surface area contributed by atoms with Crippen LogP contribution in [0, 0.1) is 5.92 Å². The molecule has 0 radical (unpaired) electrons. The molecule has 1 aliphatic rings. The molecule has 1 aromatic carbocycles. The summed E-state index contributed by atoms with van der Waals surface area (Å²) in [6.07, 6.45) is 4.36. The highest BCUT2D eigenvalue weighted by Gasteiger charge is 2.29. The van der Waals surface area contributed by atoms with Crippen molar-refractivity contribution in [1.29, 1.82) is 0 Å². The molecular weight excluding hydrogens is 891 g/mol. The topological polar surface area (TPSA) is 245 Å². The number of carbonyl (C=O) groups excluding carboxylic acids is 7. The number of carbonyl (C=O) groups is 7. The van der Waals surface area contributed by atoms with Crippen LogP contribution in [0.5, 0.6) is 0 Å². The van der Waals surface area contributed by atoms with Crippen molar-refractivity contribution in [3.05, 3.63) is 42.0 Å². The van der Waals surface area contributed by atoms with E-state index < -0.39 is 29.8 Å². The fourth-order valence-electron chi connectivity index (χ4n) is 6.06. The highest BCUT2D eigenvalue weighted by Crippen LogP contribution is 2.13. The zero-order valence-corrected chi connectivity index (χ0v) is 40.6. The molecular formula is C47H75N5O16. The molecule has 1 aromatic rings. The summed E-state index contributed by atoms with van der Waals surface area (Å²) in [6.45, 7) is 12.9. The average molecular weight is 966 g/mol. The molecule has 0 aromatic heterocycles. The van der Waals surface area contributed by atoms with E-state index in [0.717, 1.165) is 10.5 Å². The molecule has 2 atom stereocenters. The summed E-state index contributed by atoms with van der Waals surface area (Å²) in [7, 11) is 1.62. The van der Waals surface area contributed by atoms with Gasteiger partial charge in [0.15, 0.2) is 0 Å². The van der Waals surface area contributed by atoms with E-state index in [1.165, 1.54) is 24.0 Å². The third-order valence-electron chi connectivity index (χ3n) is 9.96. The van der Waals surface area contributed by atoms with Crippen molar-refractivity contribution >= 4 is 47.1 Å². The predicted octanol–water partition coefficient (Wildman–Crippen LogP) is 1.80. The molecule has 0 bridgehead atoms. The molecule has 6 amide bonds. The van der Waals surface area contributed by atoms with E-state index >= 15 is 0 Å². The van der Waals surface area contributed by atoms with E-state index in [9.17, 15) is 33.6 Å². The summed E-state index contributed by atoms with van der Waals surface area (Å²) in [5.74, 6) is -3.37. The van der Waals surface area contributed by atoms with E-state index in [0.29, 0.717) is 104 Å². The van der Waals surface area contributed by atoms with Crippen molar-refractivity contribution in [2.45, 2.75) is 78.5 Å². The third kappa shape index (κ3) is 27.2. The van der Waals surface area contributed by atoms with E-state index in [1.54, 1.807) is 52.1 Å². The molecule has 0 spiro atoms. The number of nitrogens with one attached hydrogen (secondary N) is 3. The Balaban J connectivity index is 1.74. The Bertz CT molecular complexity index is 1650. The predicted molar refractivity (Wildman–Crippen MR) is 248 cm³/mol. The molecule has 0 saturated heterocycles. The monoisotopic (exact) mass is 966 g/mol. The third-order valence-corrected chi connectivity index (χ3v) is 9.96. The van der Waals surface area contributed by atoms with Gasteiger partial charge in [0.2, 0.25) is 23.6 Å². The number of methoxy groups -OCH3 is 1. The van der Waals surface area contributed by atoms with Crippen molar-refractivity contribution in [1.82, 2.24) is 20.4 Å². The molecule has 0 saturated carbocycles. The van der Waals surface area contributed by atoms with Gasteiger partial charge in [-0.05, 0) is 43.4 Å². The number of rotatable bonds is 41. The van der Waals surface area contributed by atoms with E-state index in [4.69, 9.17) is 42.6 Å². The van der Waals surface area contributed by atoms with Crippen LogP contribution in [0.4, 0.5) is 5.69 Å². The first-order chi connectivity index (χ1) is 32.9. The van der Waals surface area contributed by atoms with Crippen molar-refractivity contribution < 1.29 is 76.2 Å². The number of anilines is 1. The largest absolute Gasteiger partial charge is 0.461 e. The maximum absolute atomic E-state index is 13.4. The maximum atomic E-state index is 13.4. The molecule has 68 heavy (non-hydrogen) atoms. The van der Waals surface area contributed by atoms with Crippen molar-refractivity contribution in [2.24, 2.45) is 5.92 Å². The van der Waals surface area contributed by atoms with Gasteiger partial charge in [-0.2, -0.15) is 0 Å². The fourth-order valence-corrected chi connectivity index (χ4v) is 6.06. The number of hydrogen-bond donors (Lipinski definition) is 3. The van der Waals surface area contributed by atoms with Gasteiger partial charge in [0, 0.05) is 50.9 Å². The summed E-state index contributed by atoms with van der Waals surface area (Å²) < 4.78 is 48.5. The first kappa shape index (κ1) is 59.3. The number of hydrogen-bond acceptors (Lipinski definition) is 16. The van der Waals surface area contributed by atoms with E-state index in [2.05, 4.69) is 16.0 Å². The number of nitrogens with zero attached hydrogens (tertiary/aromatic N) is 2. The average Bonchev–Trinajstić information content (AvgIpc) is 3.64.